The fourth-order valence-electron chi connectivity index (χ4n) is 3.13. The molecule has 0 saturated carbocycles. The highest BCUT2D eigenvalue weighted by Crippen LogP contribution is 2.33. The molecule has 3 aromatic rings. The second-order valence-corrected chi connectivity index (χ2v) is 8.35. The first-order chi connectivity index (χ1) is 16.5. The molecule has 0 fully saturated rings. The number of pyridine rings is 1. The summed E-state index contributed by atoms with van der Waals surface area (Å²) in [6, 6.07) is 9.41. The summed E-state index contributed by atoms with van der Waals surface area (Å²) in [4.78, 5) is 17.3. The van der Waals surface area contributed by atoms with Crippen LogP contribution in [0.3, 0.4) is 0 Å². The molecule has 0 bridgehead atoms. The number of carbonyl (C=O) groups is 1. The van der Waals surface area contributed by atoms with E-state index in [1.807, 2.05) is 62.4 Å². The van der Waals surface area contributed by atoms with Crippen molar-refractivity contribution >= 4 is 22.4 Å². The van der Waals surface area contributed by atoms with Gasteiger partial charge in [-0.2, -0.15) is 0 Å². The Morgan fingerprint density at radius 2 is 2.00 bits per heavy atom. The van der Waals surface area contributed by atoms with Crippen LogP contribution in [0.15, 0.2) is 60.3 Å². The molecule has 9 heteroatoms. The fraction of sp³-hybridized carbons (Fsp3) is 0.280. The Balaban J connectivity index is 1.63. The van der Waals surface area contributed by atoms with E-state index in [-0.39, 0.29) is 5.91 Å². The molecule has 1 aromatic carbocycles. The second-order valence-electron chi connectivity index (χ2n) is 7.41. The molecule has 8 nitrogen and oxygen atoms in total. The molecule has 2 aromatic heterocycles. The van der Waals surface area contributed by atoms with Crippen LogP contribution in [0.25, 0.3) is 11.1 Å². The van der Waals surface area contributed by atoms with Gasteiger partial charge < -0.3 is 14.2 Å². The molecule has 0 unspecified atom stereocenters. The van der Waals surface area contributed by atoms with E-state index >= 15 is 0 Å². The van der Waals surface area contributed by atoms with Gasteiger partial charge in [0.1, 0.15) is 5.75 Å². The van der Waals surface area contributed by atoms with Crippen LogP contribution in [0.5, 0.6) is 10.9 Å². The highest BCUT2D eigenvalue weighted by Gasteiger charge is 2.18. The van der Waals surface area contributed by atoms with Gasteiger partial charge in [0.25, 0.3) is 11.1 Å². The van der Waals surface area contributed by atoms with Crippen LogP contribution in [-0.4, -0.2) is 48.5 Å². The van der Waals surface area contributed by atoms with Gasteiger partial charge in [-0.3, -0.25) is 15.1 Å². The molecule has 0 aliphatic heterocycles. The number of aryl methyl sites for hydroxylation is 1. The molecular formula is C25H28N4O4S. The summed E-state index contributed by atoms with van der Waals surface area (Å²) in [5, 5.41) is 11.5. The maximum absolute atomic E-state index is 13.0. The van der Waals surface area contributed by atoms with Crippen molar-refractivity contribution in [1.82, 2.24) is 15.2 Å². The number of ether oxygens (including phenoxy) is 3. The van der Waals surface area contributed by atoms with Gasteiger partial charge in [0.15, 0.2) is 0 Å². The number of nitrogens with zero attached hydrogens (tertiary/aromatic N) is 3. The number of para-hydroxylation sites is 1. The SMILES string of the molecule is COC/C(C)=C/C=C\CCOc1nnc(NC(=O)c2cnc(C)cc2-c2ccccc2OC)s1. The Bertz CT molecular complexity index is 1170. The predicted molar refractivity (Wildman–Crippen MR) is 134 cm³/mol. The summed E-state index contributed by atoms with van der Waals surface area (Å²) >= 11 is 1.17. The summed E-state index contributed by atoms with van der Waals surface area (Å²) < 4.78 is 16.2. The lowest BCUT2D eigenvalue weighted by atomic mass is 9.99. The molecule has 3 rings (SSSR count). The van der Waals surface area contributed by atoms with Crippen molar-refractivity contribution in [2.24, 2.45) is 0 Å². The summed E-state index contributed by atoms with van der Waals surface area (Å²) in [6.45, 7) is 4.95. The monoisotopic (exact) mass is 480 g/mol. The van der Waals surface area contributed by atoms with Crippen LogP contribution in [-0.2, 0) is 4.74 Å². The van der Waals surface area contributed by atoms with Gasteiger partial charge in [0.05, 0.1) is 25.9 Å². The van der Waals surface area contributed by atoms with Gasteiger partial charge >= 0.3 is 0 Å². The zero-order valence-corrected chi connectivity index (χ0v) is 20.5. The maximum Gasteiger partial charge on any atom is 0.295 e. The van der Waals surface area contributed by atoms with Crippen LogP contribution in [0.1, 0.15) is 29.4 Å². The number of benzene rings is 1. The van der Waals surface area contributed by atoms with Crippen molar-refractivity contribution in [3.63, 3.8) is 0 Å². The van der Waals surface area contributed by atoms with Crippen LogP contribution in [0.2, 0.25) is 0 Å². The molecule has 0 aliphatic carbocycles. The largest absolute Gasteiger partial charge is 0.496 e. The van der Waals surface area contributed by atoms with Gasteiger partial charge in [-0.05, 0) is 49.3 Å². The first-order valence-electron chi connectivity index (χ1n) is 10.7. The highest BCUT2D eigenvalue weighted by atomic mass is 32.1. The Labute approximate surface area is 203 Å². The molecule has 1 amide bonds. The van der Waals surface area contributed by atoms with E-state index in [4.69, 9.17) is 14.2 Å². The van der Waals surface area contributed by atoms with E-state index in [1.54, 1.807) is 20.4 Å². The minimum Gasteiger partial charge on any atom is -0.496 e. The number of aromatic nitrogens is 3. The number of carbonyl (C=O) groups excluding carboxylic acids is 1. The maximum atomic E-state index is 13.0. The van der Waals surface area contributed by atoms with Crippen molar-refractivity contribution in [3.8, 4) is 22.1 Å². The smallest absolute Gasteiger partial charge is 0.295 e. The lowest BCUT2D eigenvalue weighted by molar-refractivity contribution is 0.102. The first kappa shape index (κ1) is 25.1. The topological polar surface area (TPSA) is 95.5 Å². The van der Waals surface area contributed by atoms with Gasteiger partial charge in [-0.15, -0.1) is 5.10 Å². The summed E-state index contributed by atoms with van der Waals surface area (Å²) in [5.74, 6) is 0.337. The molecule has 0 spiro atoms. The fourth-order valence-corrected chi connectivity index (χ4v) is 3.75. The number of rotatable bonds is 11. The highest BCUT2D eigenvalue weighted by molar-refractivity contribution is 7.17. The number of anilines is 1. The molecule has 0 radical (unpaired) electrons. The van der Waals surface area contributed by atoms with Crippen molar-refractivity contribution in [1.29, 1.82) is 0 Å². The number of amides is 1. The molecule has 34 heavy (non-hydrogen) atoms. The van der Waals surface area contributed by atoms with E-state index in [0.29, 0.717) is 34.9 Å². The van der Waals surface area contributed by atoms with E-state index in [2.05, 4.69) is 20.5 Å². The molecule has 0 aliphatic rings. The van der Waals surface area contributed by atoms with Crippen molar-refractivity contribution < 1.29 is 19.0 Å². The van der Waals surface area contributed by atoms with E-state index < -0.39 is 0 Å². The summed E-state index contributed by atoms with van der Waals surface area (Å²) in [7, 11) is 3.27. The minimum atomic E-state index is -0.336. The van der Waals surface area contributed by atoms with Crippen LogP contribution < -0.4 is 14.8 Å². The van der Waals surface area contributed by atoms with Gasteiger partial charge in [-0.25, -0.2) is 0 Å². The normalized spacial score (nSPS) is 11.6. The zero-order valence-electron chi connectivity index (χ0n) is 19.7. The van der Waals surface area contributed by atoms with E-state index in [1.165, 1.54) is 11.3 Å². The third-order valence-electron chi connectivity index (χ3n) is 4.71. The lowest BCUT2D eigenvalue weighted by Crippen LogP contribution is -2.14. The van der Waals surface area contributed by atoms with Gasteiger partial charge in [0, 0.05) is 30.1 Å². The van der Waals surface area contributed by atoms with Crippen molar-refractivity contribution in [2.75, 3.05) is 32.8 Å². The number of allylic oxidation sites excluding steroid dienone is 2. The van der Waals surface area contributed by atoms with Gasteiger partial charge in [0.2, 0.25) is 5.13 Å². The quantitative estimate of drug-likeness (QED) is 0.302. The Morgan fingerprint density at radius 1 is 1.18 bits per heavy atom. The van der Waals surface area contributed by atoms with E-state index in [0.717, 1.165) is 28.8 Å². The van der Waals surface area contributed by atoms with Crippen LogP contribution >= 0.6 is 11.3 Å². The lowest BCUT2D eigenvalue weighted by Gasteiger charge is -2.13. The average molecular weight is 481 g/mol. The Morgan fingerprint density at radius 3 is 2.79 bits per heavy atom. The predicted octanol–water partition coefficient (Wildman–Crippen LogP) is 5.09. The van der Waals surface area contributed by atoms with Crippen molar-refractivity contribution in [3.05, 3.63) is 71.6 Å². The molecule has 0 saturated heterocycles. The minimum absolute atomic E-state index is 0.336. The Hall–Kier alpha value is -3.56. The summed E-state index contributed by atoms with van der Waals surface area (Å²) in [5.41, 5.74) is 3.88. The standard InChI is InChI=1S/C25H28N4O4S/c1-17(16-31-3)10-6-5-9-13-33-25-29-28-24(34-25)27-23(30)21-15-26-18(2)14-20(21)19-11-7-8-12-22(19)32-4/h5-8,10-12,14-15H,9,13,16H2,1-4H3,(H,27,28,30)/b6-5-,17-10+. The third-order valence-corrected chi connectivity index (χ3v) is 5.46. The first-order valence-corrected chi connectivity index (χ1v) is 11.5. The molecule has 2 heterocycles. The molecule has 178 valence electrons. The number of hydrogen-bond donors (Lipinski definition) is 1. The summed E-state index contributed by atoms with van der Waals surface area (Å²) in [6.07, 6.45) is 8.25. The second kappa shape index (κ2) is 12.6. The molecular weight excluding hydrogens is 452 g/mol. The Kier molecular flexibility index (Phi) is 9.30. The van der Waals surface area contributed by atoms with Gasteiger partial charge in [-0.1, -0.05) is 41.5 Å². The number of methoxy groups -OCH3 is 2. The molecule has 1 N–H and O–H groups in total. The van der Waals surface area contributed by atoms with E-state index in [9.17, 15) is 4.79 Å². The van der Waals surface area contributed by atoms with Crippen molar-refractivity contribution in [2.45, 2.75) is 20.3 Å². The number of nitrogens with one attached hydrogen (secondary N) is 1. The average Bonchev–Trinajstić information content (AvgIpc) is 3.28. The zero-order chi connectivity index (χ0) is 24.3. The van der Waals surface area contributed by atoms with Crippen LogP contribution in [0, 0.1) is 6.92 Å². The third kappa shape index (κ3) is 6.97. The molecule has 0 atom stereocenters. The number of hydrogen-bond acceptors (Lipinski definition) is 8. The van der Waals surface area contributed by atoms with Crippen LogP contribution in [0.4, 0.5) is 5.13 Å².